The van der Waals surface area contributed by atoms with Gasteiger partial charge in [0.1, 0.15) is 0 Å². The van der Waals surface area contributed by atoms with Crippen molar-refractivity contribution in [2.75, 3.05) is 6.54 Å². The molecule has 1 amide bonds. The number of amides is 1. The minimum absolute atomic E-state index is 0.110. The molecular formula is C15H22N2O3. The van der Waals surface area contributed by atoms with Crippen LogP contribution >= 0.6 is 0 Å². The molecule has 1 atom stereocenters. The Hall–Kier alpha value is -1.91. The lowest BCUT2D eigenvalue weighted by atomic mass is 9.94. The summed E-state index contributed by atoms with van der Waals surface area (Å²) in [4.78, 5) is 26.3. The predicted molar refractivity (Wildman–Crippen MR) is 76.5 cm³/mol. The molecule has 0 spiro atoms. The lowest BCUT2D eigenvalue weighted by Crippen LogP contribution is -2.26. The summed E-state index contributed by atoms with van der Waals surface area (Å²) < 4.78 is 0. The van der Waals surface area contributed by atoms with Crippen molar-refractivity contribution < 1.29 is 14.7 Å². The molecule has 0 aromatic carbocycles. The Morgan fingerprint density at radius 2 is 1.95 bits per heavy atom. The molecule has 1 aromatic rings. The maximum absolute atomic E-state index is 11.8. The van der Waals surface area contributed by atoms with Gasteiger partial charge in [-0.15, -0.1) is 0 Å². The summed E-state index contributed by atoms with van der Waals surface area (Å²) in [6.45, 7) is 2.66. The zero-order valence-electron chi connectivity index (χ0n) is 11.8. The van der Waals surface area contributed by atoms with Crippen molar-refractivity contribution in [1.29, 1.82) is 0 Å². The summed E-state index contributed by atoms with van der Waals surface area (Å²) in [7, 11) is 0. The van der Waals surface area contributed by atoms with Crippen LogP contribution in [0.4, 0.5) is 0 Å². The Morgan fingerprint density at radius 3 is 2.55 bits per heavy atom. The molecule has 1 unspecified atom stereocenters. The van der Waals surface area contributed by atoms with Crippen LogP contribution in [0.25, 0.3) is 0 Å². The van der Waals surface area contributed by atoms with Gasteiger partial charge in [-0.05, 0) is 30.9 Å². The number of nitrogens with zero attached hydrogens (tertiary/aromatic N) is 1. The predicted octanol–water partition coefficient (Wildman–Crippen LogP) is 2.48. The van der Waals surface area contributed by atoms with E-state index in [0.717, 1.165) is 19.3 Å². The van der Waals surface area contributed by atoms with E-state index in [9.17, 15) is 9.59 Å². The molecule has 0 aliphatic heterocycles. The topological polar surface area (TPSA) is 79.3 Å². The summed E-state index contributed by atoms with van der Waals surface area (Å²) in [5, 5.41) is 11.6. The number of hydrogen-bond donors (Lipinski definition) is 2. The summed E-state index contributed by atoms with van der Waals surface area (Å²) in [5.74, 6) is -0.512. The van der Waals surface area contributed by atoms with Gasteiger partial charge in [0.2, 0.25) is 0 Å². The number of aliphatic carboxylic acids is 1. The second-order valence-corrected chi connectivity index (χ2v) is 4.87. The molecule has 5 heteroatoms. The van der Waals surface area contributed by atoms with E-state index in [1.165, 1.54) is 0 Å². The molecular weight excluding hydrogens is 256 g/mol. The van der Waals surface area contributed by atoms with E-state index < -0.39 is 5.97 Å². The third-order valence-corrected chi connectivity index (χ3v) is 3.24. The van der Waals surface area contributed by atoms with Crippen LogP contribution in [0.5, 0.6) is 0 Å². The van der Waals surface area contributed by atoms with Gasteiger partial charge in [0.05, 0.1) is 0 Å². The largest absolute Gasteiger partial charge is 0.481 e. The first-order valence-corrected chi connectivity index (χ1v) is 7.03. The van der Waals surface area contributed by atoms with Gasteiger partial charge in [0.25, 0.3) is 5.91 Å². The van der Waals surface area contributed by atoms with Crippen LogP contribution in [0.1, 0.15) is 49.4 Å². The normalized spacial score (nSPS) is 11.8. The molecule has 0 aliphatic carbocycles. The van der Waals surface area contributed by atoms with Gasteiger partial charge < -0.3 is 10.4 Å². The Kier molecular flexibility index (Phi) is 7.32. The summed E-state index contributed by atoms with van der Waals surface area (Å²) in [6.07, 6.45) is 6.89. The number of pyridine rings is 1. The molecule has 0 radical (unpaired) electrons. The smallest absolute Gasteiger partial charge is 0.303 e. The Balaban J connectivity index is 2.32. The van der Waals surface area contributed by atoms with Crippen LogP contribution in [0, 0.1) is 5.92 Å². The first kappa shape index (κ1) is 16.1. The maximum Gasteiger partial charge on any atom is 0.303 e. The fourth-order valence-electron chi connectivity index (χ4n) is 2.16. The van der Waals surface area contributed by atoms with Crippen molar-refractivity contribution in [3.05, 3.63) is 30.1 Å². The zero-order chi connectivity index (χ0) is 14.8. The van der Waals surface area contributed by atoms with Crippen molar-refractivity contribution >= 4 is 11.9 Å². The number of carbonyl (C=O) groups is 2. The highest BCUT2D eigenvalue weighted by Gasteiger charge is 2.11. The SMILES string of the molecule is CCCC(CCNC(=O)c1ccncc1)CCC(=O)O. The minimum atomic E-state index is -0.757. The minimum Gasteiger partial charge on any atom is -0.481 e. The van der Waals surface area contributed by atoms with Crippen LogP contribution in [-0.2, 0) is 4.79 Å². The van der Waals surface area contributed by atoms with E-state index in [4.69, 9.17) is 5.11 Å². The molecule has 0 bridgehead atoms. The standard InChI is InChI=1S/C15H22N2O3/c1-2-3-12(4-5-14(18)19)6-11-17-15(20)13-7-9-16-10-8-13/h7-10,12H,2-6,11H2,1H3,(H,17,20)(H,18,19). The van der Waals surface area contributed by atoms with Crippen LogP contribution in [0.15, 0.2) is 24.5 Å². The van der Waals surface area contributed by atoms with Gasteiger partial charge in [-0.3, -0.25) is 14.6 Å². The van der Waals surface area contributed by atoms with Crippen molar-refractivity contribution in [3.8, 4) is 0 Å². The number of carbonyl (C=O) groups excluding carboxylic acids is 1. The van der Waals surface area contributed by atoms with E-state index in [1.807, 2.05) is 0 Å². The summed E-state index contributed by atoms with van der Waals surface area (Å²) in [6, 6.07) is 3.34. The Morgan fingerprint density at radius 1 is 1.25 bits per heavy atom. The highest BCUT2D eigenvalue weighted by Crippen LogP contribution is 2.17. The summed E-state index contributed by atoms with van der Waals surface area (Å²) >= 11 is 0. The highest BCUT2D eigenvalue weighted by molar-refractivity contribution is 5.93. The fraction of sp³-hybridized carbons (Fsp3) is 0.533. The average Bonchev–Trinajstić information content (AvgIpc) is 2.45. The van der Waals surface area contributed by atoms with Crippen LogP contribution in [0.3, 0.4) is 0 Å². The quantitative estimate of drug-likeness (QED) is 0.727. The van der Waals surface area contributed by atoms with E-state index in [2.05, 4.69) is 17.2 Å². The Labute approximate surface area is 119 Å². The molecule has 0 fully saturated rings. The molecule has 0 aliphatic rings. The van der Waals surface area contributed by atoms with Gasteiger partial charge >= 0.3 is 5.97 Å². The first-order valence-electron chi connectivity index (χ1n) is 7.03. The first-order chi connectivity index (χ1) is 9.63. The monoisotopic (exact) mass is 278 g/mol. The third kappa shape index (κ3) is 6.31. The molecule has 1 heterocycles. The van der Waals surface area contributed by atoms with Gasteiger partial charge in [-0.25, -0.2) is 0 Å². The highest BCUT2D eigenvalue weighted by atomic mass is 16.4. The van der Waals surface area contributed by atoms with Crippen LogP contribution < -0.4 is 5.32 Å². The second kappa shape index (κ2) is 9.07. The average molecular weight is 278 g/mol. The lowest BCUT2D eigenvalue weighted by molar-refractivity contribution is -0.137. The molecule has 0 saturated carbocycles. The van der Waals surface area contributed by atoms with Gasteiger partial charge in [-0.1, -0.05) is 19.8 Å². The van der Waals surface area contributed by atoms with E-state index in [0.29, 0.717) is 24.4 Å². The van der Waals surface area contributed by atoms with Crippen molar-refractivity contribution in [2.24, 2.45) is 5.92 Å². The molecule has 1 aromatic heterocycles. The lowest BCUT2D eigenvalue weighted by Gasteiger charge is -2.15. The number of nitrogens with one attached hydrogen (secondary N) is 1. The number of carboxylic acids is 1. The molecule has 0 saturated heterocycles. The van der Waals surface area contributed by atoms with E-state index in [-0.39, 0.29) is 12.3 Å². The number of rotatable bonds is 9. The molecule has 5 nitrogen and oxygen atoms in total. The molecule has 110 valence electrons. The van der Waals surface area contributed by atoms with Crippen LogP contribution in [0.2, 0.25) is 0 Å². The number of aromatic nitrogens is 1. The molecule has 1 rings (SSSR count). The van der Waals surface area contributed by atoms with Gasteiger partial charge in [-0.2, -0.15) is 0 Å². The van der Waals surface area contributed by atoms with Crippen LogP contribution in [-0.4, -0.2) is 28.5 Å². The van der Waals surface area contributed by atoms with Gasteiger partial charge in [0, 0.05) is 30.9 Å². The van der Waals surface area contributed by atoms with Crippen molar-refractivity contribution in [2.45, 2.75) is 39.0 Å². The summed E-state index contributed by atoms with van der Waals surface area (Å²) in [5.41, 5.74) is 0.595. The fourth-order valence-corrected chi connectivity index (χ4v) is 2.16. The van der Waals surface area contributed by atoms with E-state index in [1.54, 1.807) is 24.5 Å². The maximum atomic E-state index is 11.8. The van der Waals surface area contributed by atoms with E-state index >= 15 is 0 Å². The Bertz CT molecular complexity index is 420. The molecule has 20 heavy (non-hydrogen) atoms. The van der Waals surface area contributed by atoms with Gasteiger partial charge in [0.15, 0.2) is 0 Å². The third-order valence-electron chi connectivity index (χ3n) is 3.24. The van der Waals surface area contributed by atoms with Crippen molar-refractivity contribution in [3.63, 3.8) is 0 Å². The number of hydrogen-bond acceptors (Lipinski definition) is 3. The zero-order valence-corrected chi connectivity index (χ0v) is 11.8. The number of carboxylic acid groups (broad SMARTS) is 1. The van der Waals surface area contributed by atoms with Crippen molar-refractivity contribution in [1.82, 2.24) is 10.3 Å². The second-order valence-electron chi connectivity index (χ2n) is 4.87. The molecule has 2 N–H and O–H groups in total.